The van der Waals surface area contributed by atoms with Crippen LogP contribution >= 0.6 is 22.6 Å². The van der Waals surface area contributed by atoms with E-state index in [1.807, 2.05) is 29.5 Å². The Hall–Kier alpha value is -1.62. The molecular formula is C18H16F3IN2O2S. The van der Waals surface area contributed by atoms with E-state index in [0.717, 1.165) is 25.0 Å². The minimum atomic E-state index is -2.13. The highest BCUT2D eigenvalue weighted by Crippen LogP contribution is 2.48. The second-order valence-corrected chi connectivity index (χ2v) is 9.21. The third kappa shape index (κ3) is 4.81. The summed E-state index contributed by atoms with van der Waals surface area (Å²) in [7, 11) is -2.13. The highest BCUT2D eigenvalue weighted by Gasteiger charge is 2.40. The lowest BCUT2D eigenvalue weighted by Crippen LogP contribution is -2.19. The molecule has 2 aromatic carbocycles. The van der Waals surface area contributed by atoms with E-state index in [2.05, 4.69) is 10.0 Å². The monoisotopic (exact) mass is 508 g/mol. The SMILES string of the molecule is CC1(CC(=O)S(=O)Nc2ccc(F)c(F)c2Nc2ccc(I)cc2F)CC1. The van der Waals surface area contributed by atoms with Gasteiger partial charge < -0.3 is 5.32 Å². The maximum atomic E-state index is 14.3. The Labute approximate surface area is 170 Å². The average molecular weight is 508 g/mol. The molecule has 0 aliphatic heterocycles. The zero-order chi connectivity index (χ0) is 19.8. The molecule has 3 rings (SSSR count). The van der Waals surface area contributed by atoms with E-state index < -0.39 is 39.2 Å². The number of rotatable bonds is 6. The normalized spacial score (nSPS) is 15.9. The summed E-state index contributed by atoms with van der Waals surface area (Å²) in [5.74, 6) is -3.08. The van der Waals surface area contributed by atoms with Crippen molar-refractivity contribution in [1.29, 1.82) is 0 Å². The van der Waals surface area contributed by atoms with Crippen molar-refractivity contribution in [3.8, 4) is 0 Å². The molecule has 0 radical (unpaired) electrons. The zero-order valence-electron chi connectivity index (χ0n) is 14.2. The standard InChI is InChI=1S/C18H16F3IN2O2S/c1-18(6-7-18)9-15(25)27(26)24-14-5-3-11(19)16(21)17(14)23-13-4-2-10(22)8-12(13)20/h2-5,8,23-24H,6-7,9H2,1H3. The van der Waals surface area contributed by atoms with E-state index in [1.165, 1.54) is 12.1 Å². The Morgan fingerprint density at radius 1 is 1.15 bits per heavy atom. The molecule has 1 atom stereocenters. The topological polar surface area (TPSA) is 58.2 Å². The van der Waals surface area contributed by atoms with Crippen LogP contribution < -0.4 is 10.0 Å². The van der Waals surface area contributed by atoms with Crippen LogP contribution in [0.15, 0.2) is 30.3 Å². The highest BCUT2D eigenvalue weighted by molar-refractivity contribution is 14.1. The maximum absolute atomic E-state index is 14.3. The average Bonchev–Trinajstić information content (AvgIpc) is 3.32. The van der Waals surface area contributed by atoms with Gasteiger partial charge in [-0.3, -0.25) is 9.52 Å². The predicted octanol–water partition coefficient (Wildman–Crippen LogP) is 5.24. The smallest absolute Gasteiger partial charge is 0.240 e. The number of benzene rings is 2. The fourth-order valence-corrected chi connectivity index (χ4v) is 3.86. The molecule has 2 aromatic rings. The Morgan fingerprint density at radius 2 is 1.81 bits per heavy atom. The van der Waals surface area contributed by atoms with Gasteiger partial charge in [-0.1, -0.05) is 6.92 Å². The highest BCUT2D eigenvalue weighted by atomic mass is 127. The van der Waals surface area contributed by atoms with Gasteiger partial charge in [-0.25, -0.2) is 17.4 Å². The molecule has 0 aromatic heterocycles. The lowest BCUT2D eigenvalue weighted by atomic mass is 10.1. The fourth-order valence-electron chi connectivity index (χ4n) is 2.44. The van der Waals surface area contributed by atoms with Crippen LogP contribution in [0.2, 0.25) is 0 Å². The van der Waals surface area contributed by atoms with Crippen LogP contribution in [0.3, 0.4) is 0 Å². The van der Waals surface area contributed by atoms with Gasteiger partial charge in [-0.15, -0.1) is 0 Å². The molecule has 1 fully saturated rings. The lowest BCUT2D eigenvalue weighted by molar-refractivity contribution is -0.112. The minimum absolute atomic E-state index is 0.0782. The Balaban J connectivity index is 1.86. The van der Waals surface area contributed by atoms with Crippen LogP contribution in [0.1, 0.15) is 26.2 Å². The van der Waals surface area contributed by atoms with Gasteiger partial charge in [0.2, 0.25) is 5.12 Å². The number of hydrogen-bond acceptors (Lipinski definition) is 3. The van der Waals surface area contributed by atoms with Crippen molar-refractivity contribution < 1.29 is 22.2 Å². The maximum Gasteiger partial charge on any atom is 0.240 e. The van der Waals surface area contributed by atoms with Crippen LogP contribution in [0.5, 0.6) is 0 Å². The molecule has 0 heterocycles. The van der Waals surface area contributed by atoms with Gasteiger partial charge in [0.05, 0.1) is 11.4 Å². The molecule has 2 N–H and O–H groups in total. The van der Waals surface area contributed by atoms with E-state index in [0.29, 0.717) is 3.57 Å². The van der Waals surface area contributed by atoms with Crippen molar-refractivity contribution in [3.05, 3.63) is 51.4 Å². The molecule has 0 amide bonds. The van der Waals surface area contributed by atoms with Crippen molar-refractivity contribution in [2.24, 2.45) is 5.41 Å². The first kappa shape index (κ1) is 20.1. The third-order valence-corrected chi connectivity index (χ3v) is 6.00. The molecule has 1 unspecified atom stereocenters. The fraction of sp³-hybridized carbons (Fsp3) is 0.278. The van der Waals surface area contributed by atoms with Crippen LogP contribution in [-0.2, 0) is 15.8 Å². The lowest BCUT2D eigenvalue weighted by Gasteiger charge is -2.15. The van der Waals surface area contributed by atoms with Gasteiger partial charge in [0.15, 0.2) is 22.6 Å². The van der Waals surface area contributed by atoms with Gasteiger partial charge in [0, 0.05) is 9.99 Å². The van der Waals surface area contributed by atoms with Crippen LogP contribution in [0.25, 0.3) is 0 Å². The number of hydrogen-bond donors (Lipinski definition) is 2. The largest absolute Gasteiger partial charge is 0.349 e. The predicted molar refractivity (Wildman–Crippen MR) is 107 cm³/mol. The van der Waals surface area contributed by atoms with Crippen molar-refractivity contribution >= 4 is 55.8 Å². The van der Waals surface area contributed by atoms with Gasteiger partial charge in [0.25, 0.3) is 0 Å². The minimum Gasteiger partial charge on any atom is -0.349 e. The second kappa shape index (κ2) is 7.78. The summed E-state index contributed by atoms with van der Waals surface area (Å²) < 4.78 is 57.3. The third-order valence-electron chi connectivity index (χ3n) is 4.37. The Bertz CT molecular complexity index is 935. The van der Waals surface area contributed by atoms with Crippen molar-refractivity contribution in [1.82, 2.24) is 0 Å². The van der Waals surface area contributed by atoms with Crippen molar-refractivity contribution in [3.63, 3.8) is 0 Å². The van der Waals surface area contributed by atoms with E-state index >= 15 is 0 Å². The number of anilines is 3. The van der Waals surface area contributed by atoms with Crippen LogP contribution in [0, 0.1) is 26.4 Å². The molecule has 4 nitrogen and oxygen atoms in total. The molecule has 0 saturated heterocycles. The summed E-state index contributed by atoms with van der Waals surface area (Å²) >= 11 is 1.92. The molecule has 144 valence electrons. The molecule has 0 bridgehead atoms. The molecule has 27 heavy (non-hydrogen) atoms. The summed E-state index contributed by atoms with van der Waals surface area (Å²) in [6.07, 6.45) is 1.92. The number of halogens is 4. The molecule has 1 aliphatic carbocycles. The first-order valence-corrected chi connectivity index (χ1v) is 10.3. The van der Waals surface area contributed by atoms with Gasteiger partial charge in [-0.05, 0) is 71.2 Å². The molecule has 1 saturated carbocycles. The summed E-state index contributed by atoms with van der Waals surface area (Å²) in [5, 5.41) is 1.96. The quantitative estimate of drug-likeness (QED) is 0.525. The van der Waals surface area contributed by atoms with Gasteiger partial charge >= 0.3 is 0 Å². The zero-order valence-corrected chi connectivity index (χ0v) is 17.2. The second-order valence-electron chi connectivity index (χ2n) is 6.76. The molecule has 9 heteroatoms. The Kier molecular flexibility index (Phi) is 5.80. The number of carbonyl (C=O) groups is 1. The van der Waals surface area contributed by atoms with Crippen molar-refractivity contribution in [2.75, 3.05) is 10.0 Å². The molecule has 1 aliphatic rings. The first-order chi connectivity index (χ1) is 12.7. The molecular weight excluding hydrogens is 492 g/mol. The van der Waals surface area contributed by atoms with Gasteiger partial charge in [0.1, 0.15) is 11.5 Å². The number of nitrogens with one attached hydrogen (secondary N) is 2. The Morgan fingerprint density at radius 3 is 2.44 bits per heavy atom. The van der Waals surface area contributed by atoms with E-state index in [4.69, 9.17) is 0 Å². The summed E-state index contributed by atoms with van der Waals surface area (Å²) in [6, 6.07) is 6.19. The summed E-state index contributed by atoms with van der Waals surface area (Å²) in [5.41, 5.74) is -0.729. The van der Waals surface area contributed by atoms with Crippen molar-refractivity contribution in [2.45, 2.75) is 26.2 Å². The van der Waals surface area contributed by atoms with E-state index in [9.17, 15) is 22.2 Å². The van der Waals surface area contributed by atoms with Gasteiger partial charge in [-0.2, -0.15) is 0 Å². The van der Waals surface area contributed by atoms with Crippen LogP contribution in [-0.4, -0.2) is 9.32 Å². The van der Waals surface area contributed by atoms with E-state index in [1.54, 1.807) is 6.07 Å². The summed E-state index contributed by atoms with van der Waals surface area (Å²) in [4.78, 5) is 12.1. The molecule has 0 spiro atoms. The summed E-state index contributed by atoms with van der Waals surface area (Å²) in [6.45, 7) is 1.92. The van der Waals surface area contributed by atoms with Crippen LogP contribution in [0.4, 0.5) is 30.2 Å². The first-order valence-electron chi connectivity index (χ1n) is 8.10. The number of carbonyl (C=O) groups excluding carboxylic acids is 1. The van der Waals surface area contributed by atoms with E-state index in [-0.39, 0.29) is 23.2 Å².